The van der Waals surface area contributed by atoms with Gasteiger partial charge < -0.3 is 4.74 Å². The van der Waals surface area contributed by atoms with Crippen LogP contribution in [0, 0.1) is 23.5 Å². The molecule has 1 aromatic rings. The smallest absolute Gasteiger partial charge is 0.190 e. The van der Waals surface area contributed by atoms with Crippen LogP contribution in [-0.2, 0) is 0 Å². The number of benzene rings is 1. The Morgan fingerprint density at radius 2 is 1.81 bits per heavy atom. The normalized spacial score (nSPS) is 12.9. The first kappa shape index (κ1) is 13.4. The zero-order valence-electron chi connectivity index (χ0n) is 9.34. The topological polar surface area (TPSA) is 9.23 Å². The first-order valence-corrected chi connectivity index (χ1v) is 6.31. The molecular formula is C12H15BrF2O. The summed E-state index contributed by atoms with van der Waals surface area (Å²) in [5.74, 6) is -0.962. The molecule has 0 aliphatic heterocycles. The predicted molar refractivity (Wildman–Crippen MR) is 64.0 cm³/mol. The molecule has 0 N–H and O–H groups in total. The van der Waals surface area contributed by atoms with E-state index >= 15 is 0 Å². The number of para-hydroxylation sites is 1. The second-order valence-corrected chi connectivity index (χ2v) is 4.67. The lowest BCUT2D eigenvalue weighted by atomic mass is 9.99. The third kappa shape index (κ3) is 3.44. The molecule has 0 spiro atoms. The molecule has 0 saturated carbocycles. The molecule has 0 fully saturated rings. The minimum absolute atomic E-state index is 0.235. The van der Waals surface area contributed by atoms with Gasteiger partial charge in [-0.1, -0.05) is 35.8 Å². The quantitative estimate of drug-likeness (QED) is 0.745. The lowest BCUT2D eigenvalue weighted by Crippen LogP contribution is -2.20. The summed E-state index contributed by atoms with van der Waals surface area (Å²) >= 11 is 3.36. The van der Waals surface area contributed by atoms with Gasteiger partial charge in [-0.15, -0.1) is 0 Å². The monoisotopic (exact) mass is 292 g/mol. The van der Waals surface area contributed by atoms with E-state index < -0.39 is 11.6 Å². The fraction of sp³-hybridized carbons (Fsp3) is 0.500. The summed E-state index contributed by atoms with van der Waals surface area (Å²) in [6.45, 7) is 4.40. The van der Waals surface area contributed by atoms with Crippen molar-refractivity contribution in [1.29, 1.82) is 0 Å². The zero-order chi connectivity index (χ0) is 12.1. The number of alkyl halides is 1. The Morgan fingerprint density at radius 1 is 1.25 bits per heavy atom. The second-order valence-electron chi connectivity index (χ2n) is 4.02. The van der Waals surface area contributed by atoms with Crippen molar-refractivity contribution in [2.45, 2.75) is 13.8 Å². The summed E-state index contributed by atoms with van der Waals surface area (Å²) in [5.41, 5.74) is 0. The maximum atomic E-state index is 13.2. The van der Waals surface area contributed by atoms with Crippen molar-refractivity contribution in [2.24, 2.45) is 11.8 Å². The lowest BCUT2D eigenvalue weighted by Gasteiger charge is -2.19. The maximum absolute atomic E-state index is 13.2. The van der Waals surface area contributed by atoms with Crippen LogP contribution in [0.1, 0.15) is 13.8 Å². The van der Waals surface area contributed by atoms with Gasteiger partial charge in [0.15, 0.2) is 17.4 Å². The standard InChI is InChI=1S/C12H15BrF2O/c1-8(2)9(6-13)7-16-12-10(14)4-3-5-11(12)15/h3-5,8-9H,6-7H2,1-2H3. The van der Waals surface area contributed by atoms with Gasteiger partial charge in [0.2, 0.25) is 0 Å². The van der Waals surface area contributed by atoms with Gasteiger partial charge in [0.1, 0.15) is 0 Å². The number of rotatable bonds is 5. The second kappa shape index (κ2) is 6.18. The van der Waals surface area contributed by atoms with Gasteiger partial charge >= 0.3 is 0 Å². The van der Waals surface area contributed by atoms with Crippen LogP contribution < -0.4 is 4.74 Å². The molecule has 90 valence electrons. The molecule has 1 aromatic carbocycles. The van der Waals surface area contributed by atoms with Crippen LogP contribution in [0.2, 0.25) is 0 Å². The number of hydrogen-bond donors (Lipinski definition) is 0. The van der Waals surface area contributed by atoms with E-state index in [0.717, 1.165) is 5.33 Å². The molecule has 0 bridgehead atoms. The van der Waals surface area contributed by atoms with Crippen molar-refractivity contribution in [1.82, 2.24) is 0 Å². The molecule has 0 aliphatic rings. The highest BCUT2D eigenvalue weighted by Crippen LogP contribution is 2.23. The molecule has 1 atom stereocenters. The Labute approximate surface area is 103 Å². The summed E-state index contributed by atoms with van der Waals surface area (Å²) < 4.78 is 31.7. The first-order chi connectivity index (χ1) is 7.56. The number of ether oxygens (including phenoxy) is 1. The molecule has 16 heavy (non-hydrogen) atoms. The van der Waals surface area contributed by atoms with Crippen molar-refractivity contribution in [3.8, 4) is 5.75 Å². The summed E-state index contributed by atoms with van der Waals surface area (Å²) in [6, 6.07) is 3.70. The molecule has 1 unspecified atom stereocenters. The van der Waals surface area contributed by atoms with Gasteiger partial charge in [0.25, 0.3) is 0 Å². The van der Waals surface area contributed by atoms with E-state index in [9.17, 15) is 8.78 Å². The average molecular weight is 293 g/mol. The predicted octanol–water partition coefficient (Wildman–Crippen LogP) is 4.01. The molecule has 0 aromatic heterocycles. The fourth-order valence-corrected chi connectivity index (χ4v) is 2.16. The van der Waals surface area contributed by atoms with Gasteiger partial charge in [0.05, 0.1) is 6.61 Å². The molecule has 0 heterocycles. The van der Waals surface area contributed by atoms with Gasteiger partial charge in [-0.2, -0.15) is 0 Å². The molecule has 1 nitrogen and oxygen atoms in total. The van der Waals surface area contributed by atoms with Crippen LogP contribution >= 0.6 is 15.9 Å². The fourth-order valence-electron chi connectivity index (χ4n) is 1.23. The van der Waals surface area contributed by atoms with Crippen molar-refractivity contribution >= 4 is 15.9 Å². The van der Waals surface area contributed by atoms with Crippen LogP contribution in [0.4, 0.5) is 8.78 Å². The Hall–Kier alpha value is -0.640. The van der Waals surface area contributed by atoms with Crippen LogP contribution in [0.15, 0.2) is 18.2 Å². The molecule has 0 aliphatic carbocycles. The van der Waals surface area contributed by atoms with E-state index in [0.29, 0.717) is 12.5 Å². The Kier molecular flexibility index (Phi) is 5.19. The van der Waals surface area contributed by atoms with Crippen molar-refractivity contribution in [3.63, 3.8) is 0 Å². The van der Waals surface area contributed by atoms with E-state index in [1.54, 1.807) is 0 Å². The minimum atomic E-state index is -0.655. The lowest BCUT2D eigenvalue weighted by molar-refractivity contribution is 0.211. The average Bonchev–Trinajstić information content (AvgIpc) is 2.22. The van der Waals surface area contributed by atoms with Crippen LogP contribution in [0.3, 0.4) is 0 Å². The van der Waals surface area contributed by atoms with Crippen molar-refractivity contribution in [3.05, 3.63) is 29.8 Å². The molecule has 1 rings (SSSR count). The van der Waals surface area contributed by atoms with E-state index in [1.807, 2.05) is 13.8 Å². The van der Waals surface area contributed by atoms with E-state index in [-0.39, 0.29) is 11.7 Å². The molecule has 0 saturated heterocycles. The Bertz CT molecular complexity index is 322. The summed E-state index contributed by atoms with van der Waals surface area (Å²) in [4.78, 5) is 0. The van der Waals surface area contributed by atoms with Crippen LogP contribution in [-0.4, -0.2) is 11.9 Å². The third-order valence-corrected chi connectivity index (χ3v) is 3.33. The molecular weight excluding hydrogens is 278 g/mol. The summed E-state index contributed by atoms with van der Waals surface area (Å²) in [7, 11) is 0. The number of hydrogen-bond acceptors (Lipinski definition) is 1. The highest BCUT2D eigenvalue weighted by atomic mass is 79.9. The van der Waals surface area contributed by atoms with E-state index in [2.05, 4.69) is 15.9 Å². The van der Waals surface area contributed by atoms with Crippen molar-refractivity contribution in [2.75, 3.05) is 11.9 Å². The molecule has 0 radical (unpaired) electrons. The summed E-state index contributed by atoms with van der Waals surface area (Å²) in [5, 5.41) is 0.751. The Morgan fingerprint density at radius 3 is 2.25 bits per heavy atom. The maximum Gasteiger partial charge on any atom is 0.190 e. The van der Waals surface area contributed by atoms with E-state index in [4.69, 9.17) is 4.74 Å². The third-order valence-electron chi connectivity index (χ3n) is 2.50. The van der Waals surface area contributed by atoms with Gasteiger partial charge in [-0.3, -0.25) is 0 Å². The van der Waals surface area contributed by atoms with Crippen LogP contribution in [0.25, 0.3) is 0 Å². The zero-order valence-corrected chi connectivity index (χ0v) is 10.9. The summed E-state index contributed by atoms with van der Waals surface area (Å²) in [6.07, 6.45) is 0. The number of halogens is 3. The van der Waals surface area contributed by atoms with Gasteiger partial charge in [-0.25, -0.2) is 8.78 Å². The minimum Gasteiger partial charge on any atom is -0.487 e. The Balaban J connectivity index is 2.67. The van der Waals surface area contributed by atoms with Crippen molar-refractivity contribution < 1.29 is 13.5 Å². The van der Waals surface area contributed by atoms with Gasteiger partial charge in [-0.05, 0) is 18.1 Å². The molecule has 0 amide bonds. The largest absolute Gasteiger partial charge is 0.487 e. The molecule has 4 heteroatoms. The van der Waals surface area contributed by atoms with E-state index in [1.165, 1.54) is 18.2 Å². The highest BCUT2D eigenvalue weighted by molar-refractivity contribution is 9.09. The first-order valence-electron chi connectivity index (χ1n) is 5.19. The van der Waals surface area contributed by atoms with Gasteiger partial charge in [0, 0.05) is 11.2 Å². The SMILES string of the molecule is CC(C)C(CBr)COc1c(F)cccc1F. The highest BCUT2D eigenvalue weighted by Gasteiger charge is 2.16. The van der Waals surface area contributed by atoms with Crippen LogP contribution in [0.5, 0.6) is 5.75 Å².